The van der Waals surface area contributed by atoms with Gasteiger partial charge in [-0.05, 0) is 37.5 Å². The first-order valence-electron chi connectivity index (χ1n) is 5.24. The van der Waals surface area contributed by atoms with E-state index in [-0.39, 0.29) is 5.91 Å². The second-order valence-electron chi connectivity index (χ2n) is 3.98. The highest BCUT2D eigenvalue weighted by molar-refractivity contribution is 6.05. The maximum Gasteiger partial charge on any atom is 0.251 e. The summed E-state index contributed by atoms with van der Waals surface area (Å²) in [5.74, 6) is -0.842. The van der Waals surface area contributed by atoms with E-state index in [4.69, 9.17) is 11.5 Å². The molecule has 1 aromatic rings. The van der Waals surface area contributed by atoms with E-state index < -0.39 is 5.91 Å². The summed E-state index contributed by atoms with van der Waals surface area (Å²) < 4.78 is 0. The molecule has 0 bridgehead atoms. The minimum atomic E-state index is -0.572. The first-order valence-corrected chi connectivity index (χ1v) is 5.24. The molecule has 5 nitrogen and oxygen atoms in total. The molecule has 1 rings (SSSR count). The van der Waals surface area contributed by atoms with Gasteiger partial charge in [-0.1, -0.05) is 0 Å². The molecule has 1 aromatic carbocycles. The molecule has 0 heterocycles. The fourth-order valence-electron chi connectivity index (χ4n) is 2.07. The Hall–Kier alpha value is -2.04. The molecule has 2 amide bonds. The number of hydrogen-bond donors (Lipinski definition) is 3. The molecule has 0 aliphatic carbocycles. The Morgan fingerprint density at radius 2 is 1.47 bits per heavy atom. The molecule has 0 aromatic heterocycles. The van der Waals surface area contributed by atoms with Crippen molar-refractivity contribution >= 4 is 17.5 Å². The molecular weight excluding hydrogens is 218 g/mol. The lowest BCUT2D eigenvalue weighted by atomic mass is 9.90. The number of primary amides is 1. The predicted molar refractivity (Wildman–Crippen MR) is 67.0 cm³/mol. The lowest BCUT2D eigenvalue weighted by Crippen LogP contribution is -2.25. The van der Waals surface area contributed by atoms with Crippen LogP contribution in [-0.4, -0.2) is 18.9 Å². The maximum absolute atomic E-state index is 11.8. The average Bonchev–Trinajstić information content (AvgIpc) is 2.25. The van der Waals surface area contributed by atoms with Crippen molar-refractivity contribution in [3.8, 4) is 0 Å². The van der Waals surface area contributed by atoms with Crippen LogP contribution in [0.4, 0.5) is 5.69 Å². The lowest BCUT2D eigenvalue weighted by molar-refractivity contribution is 0.0962. The number of amides is 2. The monoisotopic (exact) mass is 235 g/mol. The minimum absolute atomic E-state index is 0.269. The van der Waals surface area contributed by atoms with Gasteiger partial charge in [0.15, 0.2) is 0 Å². The Labute approximate surface area is 100 Å². The molecule has 0 atom stereocenters. The Kier molecular flexibility index (Phi) is 3.41. The third-order valence-electron chi connectivity index (χ3n) is 3.01. The Morgan fingerprint density at radius 3 is 1.88 bits per heavy atom. The Morgan fingerprint density at radius 1 is 1.00 bits per heavy atom. The fourth-order valence-corrected chi connectivity index (χ4v) is 2.07. The van der Waals surface area contributed by atoms with E-state index in [0.717, 1.165) is 0 Å². The Balaban J connectivity index is 3.74. The molecule has 0 spiro atoms. The summed E-state index contributed by atoms with van der Waals surface area (Å²) in [6.45, 7) is 5.18. The first-order chi connectivity index (χ1) is 7.82. The number of rotatable bonds is 2. The van der Waals surface area contributed by atoms with E-state index in [1.807, 2.05) is 0 Å². The molecule has 0 saturated heterocycles. The average molecular weight is 235 g/mol. The van der Waals surface area contributed by atoms with Gasteiger partial charge in [0, 0.05) is 23.9 Å². The third-order valence-corrected chi connectivity index (χ3v) is 3.01. The molecule has 0 saturated carbocycles. The highest BCUT2D eigenvalue weighted by atomic mass is 16.2. The third kappa shape index (κ3) is 1.95. The number of carbonyl (C=O) groups is 2. The van der Waals surface area contributed by atoms with Gasteiger partial charge in [-0.15, -0.1) is 0 Å². The van der Waals surface area contributed by atoms with Crippen LogP contribution in [0.3, 0.4) is 0 Å². The van der Waals surface area contributed by atoms with Crippen molar-refractivity contribution in [1.29, 1.82) is 0 Å². The number of hydrogen-bond acceptors (Lipinski definition) is 3. The summed E-state index contributed by atoms with van der Waals surface area (Å²) in [5.41, 5.74) is 14.3. The zero-order valence-corrected chi connectivity index (χ0v) is 10.5. The van der Waals surface area contributed by atoms with E-state index in [2.05, 4.69) is 5.32 Å². The molecule has 92 valence electrons. The summed E-state index contributed by atoms with van der Waals surface area (Å²) >= 11 is 0. The highest BCUT2D eigenvalue weighted by Gasteiger charge is 2.21. The molecular formula is C12H17N3O2. The zero-order valence-electron chi connectivity index (χ0n) is 10.5. The van der Waals surface area contributed by atoms with Gasteiger partial charge in [-0.3, -0.25) is 9.59 Å². The first kappa shape index (κ1) is 13.0. The standard InChI is InChI=1S/C12H17N3O2/c1-5-8(11(14)16)6(2)10(13)7(3)9(5)12(17)15-4/h13H2,1-4H3,(H2,14,16)(H,15,17). The van der Waals surface area contributed by atoms with Crippen molar-refractivity contribution in [1.82, 2.24) is 5.32 Å². The van der Waals surface area contributed by atoms with Crippen molar-refractivity contribution in [3.63, 3.8) is 0 Å². The number of carbonyl (C=O) groups excluding carboxylic acids is 2. The quantitative estimate of drug-likeness (QED) is 0.656. The summed E-state index contributed by atoms with van der Waals surface area (Å²) in [6, 6.07) is 0. The van der Waals surface area contributed by atoms with Crippen LogP contribution in [0.15, 0.2) is 0 Å². The van der Waals surface area contributed by atoms with Crippen molar-refractivity contribution < 1.29 is 9.59 Å². The van der Waals surface area contributed by atoms with Crippen LogP contribution in [-0.2, 0) is 0 Å². The number of nitrogens with one attached hydrogen (secondary N) is 1. The second kappa shape index (κ2) is 4.45. The lowest BCUT2D eigenvalue weighted by Gasteiger charge is -2.17. The van der Waals surface area contributed by atoms with Crippen molar-refractivity contribution in [2.75, 3.05) is 12.8 Å². The van der Waals surface area contributed by atoms with Crippen LogP contribution in [0.1, 0.15) is 37.4 Å². The van der Waals surface area contributed by atoms with Gasteiger partial charge in [-0.25, -0.2) is 0 Å². The highest BCUT2D eigenvalue weighted by Crippen LogP contribution is 2.28. The minimum Gasteiger partial charge on any atom is -0.398 e. The summed E-state index contributed by atoms with van der Waals surface area (Å²) in [7, 11) is 1.53. The van der Waals surface area contributed by atoms with E-state index in [0.29, 0.717) is 33.5 Å². The van der Waals surface area contributed by atoms with Gasteiger partial charge in [-0.2, -0.15) is 0 Å². The van der Waals surface area contributed by atoms with Crippen LogP contribution < -0.4 is 16.8 Å². The summed E-state index contributed by atoms with van der Waals surface area (Å²) in [6.07, 6.45) is 0. The number of nitrogen functional groups attached to an aromatic ring is 1. The normalized spacial score (nSPS) is 10.1. The molecule has 0 fully saturated rings. The second-order valence-corrected chi connectivity index (χ2v) is 3.98. The molecule has 0 unspecified atom stereocenters. The van der Waals surface area contributed by atoms with Crippen LogP contribution in [0.2, 0.25) is 0 Å². The SMILES string of the molecule is CNC(=O)c1c(C)c(N)c(C)c(C(N)=O)c1C. The Bertz CT molecular complexity index is 507. The zero-order chi connectivity index (χ0) is 13.3. The van der Waals surface area contributed by atoms with E-state index in [1.54, 1.807) is 20.8 Å². The molecule has 5 heteroatoms. The summed E-state index contributed by atoms with van der Waals surface area (Å²) in [5, 5.41) is 2.53. The maximum atomic E-state index is 11.8. The van der Waals surface area contributed by atoms with Crippen LogP contribution in [0.25, 0.3) is 0 Å². The molecule has 0 aliphatic rings. The molecule has 0 radical (unpaired) electrons. The van der Waals surface area contributed by atoms with Gasteiger partial charge < -0.3 is 16.8 Å². The van der Waals surface area contributed by atoms with Gasteiger partial charge >= 0.3 is 0 Å². The predicted octanol–water partition coefficient (Wildman–Crippen LogP) is 0.653. The van der Waals surface area contributed by atoms with Crippen LogP contribution in [0, 0.1) is 20.8 Å². The fraction of sp³-hybridized carbons (Fsp3) is 0.333. The number of anilines is 1. The van der Waals surface area contributed by atoms with Gasteiger partial charge in [0.05, 0.1) is 0 Å². The largest absolute Gasteiger partial charge is 0.398 e. The van der Waals surface area contributed by atoms with Crippen LogP contribution in [0.5, 0.6) is 0 Å². The van der Waals surface area contributed by atoms with E-state index >= 15 is 0 Å². The van der Waals surface area contributed by atoms with Gasteiger partial charge in [0.2, 0.25) is 5.91 Å². The van der Waals surface area contributed by atoms with E-state index in [1.165, 1.54) is 7.05 Å². The van der Waals surface area contributed by atoms with Crippen molar-refractivity contribution in [3.05, 3.63) is 27.8 Å². The molecule has 5 N–H and O–H groups in total. The number of benzene rings is 1. The van der Waals surface area contributed by atoms with Gasteiger partial charge in [0.25, 0.3) is 5.91 Å². The number of nitrogens with two attached hydrogens (primary N) is 2. The van der Waals surface area contributed by atoms with Crippen LogP contribution >= 0.6 is 0 Å². The topological polar surface area (TPSA) is 98.2 Å². The van der Waals surface area contributed by atoms with Crippen molar-refractivity contribution in [2.24, 2.45) is 5.73 Å². The van der Waals surface area contributed by atoms with E-state index in [9.17, 15) is 9.59 Å². The van der Waals surface area contributed by atoms with Gasteiger partial charge in [0.1, 0.15) is 0 Å². The summed E-state index contributed by atoms with van der Waals surface area (Å²) in [4.78, 5) is 23.2. The van der Waals surface area contributed by atoms with Crippen molar-refractivity contribution in [2.45, 2.75) is 20.8 Å². The molecule has 0 aliphatic heterocycles. The smallest absolute Gasteiger partial charge is 0.251 e. The molecule has 17 heavy (non-hydrogen) atoms.